The molecule has 1 unspecified atom stereocenters. The lowest BCUT2D eigenvalue weighted by Gasteiger charge is -2.15. The highest BCUT2D eigenvalue weighted by Gasteiger charge is 2.20. The first-order valence-corrected chi connectivity index (χ1v) is 5.79. The van der Waals surface area contributed by atoms with Crippen LogP contribution >= 0.6 is 23.2 Å². The maximum Gasteiger partial charge on any atom is 0.124 e. The third-order valence-electron chi connectivity index (χ3n) is 2.73. The Morgan fingerprint density at radius 2 is 2.07 bits per heavy atom. The fourth-order valence-corrected chi connectivity index (χ4v) is 2.23. The van der Waals surface area contributed by atoms with Gasteiger partial charge in [-0.2, -0.15) is 0 Å². The van der Waals surface area contributed by atoms with Gasteiger partial charge in [0.15, 0.2) is 0 Å². The molecule has 0 aliphatic carbocycles. The van der Waals surface area contributed by atoms with Crippen LogP contribution in [0.1, 0.15) is 24.3 Å². The third kappa shape index (κ3) is 2.22. The molecular weight excluding hydrogens is 233 g/mol. The summed E-state index contributed by atoms with van der Waals surface area (Å²) in [5, 5.41) is 1.10. The maximum absolute atomic E-state index is 5.99. The third-order valence-corrected chi connectivity index (χ3v) is 3.45. The van der Waals surface area contributed by atoms with Crippen molar-refractivity contribution in [3.05, 3.63) is 27.7 Å². The van der Waals surface area contributed by atoms with E-state index in [1.807, 2.05) is 6.07 Å². The minimum Gasteiger partial charge on any atom is -0.493 e. The molecule has 0 fully saturated rings. The van der Waals surface area contributed by atoms with E-state index in [2.05, 4.69) is 0 Å². The molecule has 15 heavy (non-hydrogen) atoms. The van der Waals surface area contributed by atoms with Gasteiger partial charge in [-0.05, 0) is 31.4 Å². The molecule has 0 saturated heterocycles. The molecule has 1 heterocycles. The van der Waals surface area contributed by atoms with Crippen molar-refractivity contribution in [1.82, 2.24) is 0 Å². The second-order valence-corrected chi connectivity index (χ2v) is 4.54. The number of halogens is 2. The van der Waals surface area contributed by atoms with Crippen molar-refractivity contribution in [3.8, 4) is 5.75 Å². The predicted octanol–water partition coefficient (Wildman–Crippen LogP) is 3.21. The van der Waals surface area contributed by atoms with E-state index in [-0.39, 0.29) is 0 Å². The molecule has 0 radical (unpaired) electrons. The van der Waals surface area contributed by atoms with Crippen molar-refractivity contribution in [2.75, 3.05) is 13.2 Å². The molecular formula is C11H13Cl2NO. The molecule has 0 amide bonds. The highest BCUT2D eigenvalue weighted by Crippen LogP contribution is 2.37. The Hall–Kier alpha value is -0.440. The Morgan fingerprint density at radius 1 is 1.33 bits per heavy atom. The van der Waals surface area contributed by atoms with Crippen molar-refractivity contribution in [2.45, 2.75) is 18.8 Å². The van der Waals surface area contributed by atoms with Gasteiger partial charge >= 0.3 is 0 Å². The van der Waals surface area contributed by atoms with Crippen molar-refractivity contribution in [3.63, 3.8) is 0 Å². The van der Waals surface area contributed by atoms with E-state index in [9.17, 15) is 0 Å². The summed E-state index contributed by atoms with van der Waals surface area (Å²) in [5.41, 5.74) is 6.83. The SMILES string of the molecule is NCC1CCCOc2cc(Cl)c(Cl)cc21. The summed E-state index contributed by atoms with van der Waals surface area (Å²) in [6.45, 7) is 1.34. The molecule has 1 aliphatic heterocycles. The normalized spacial score (nSPS) is 20.3. The molecule has 4 heteroatoms. The van der Waals surface area contributed by atoms with E-state index in [1.165, 1.54) is 0 Å². The summed E-state index contributed by atoms with van der Waals surface area (Å²) in [7, 11) is 0. The number of ether oxygens (including phenoxy) is 1. The van der Waals surface area contributed by atoms with Crippen LogP contribution in [0.5, 0.6) is 5.75 Å². The number of nitrogens with two attached hydrogens (primary N) is 1. The Morgan fingerprint density at radius 3 is 2.80 bits per heavy atom. The van der Waals surface area contributed by atoms with Crippen LogP contribution in [0.25, 0.3) is 0 Å². The van der Waals surface area contributed by atoms with E-state index in [1.54, 1.807) is 6.07 Å². The van der Waals surface area contributed by atoms with Gasteiger partial charge in [-0.3, -0.25) is 0 Å². The monoisotopic (exact) mass is 245 g/mol. The molecule has 0 spiro atoms. The molecule has 2 nitrogen and oxygen atoms in total. The smallest absolute Gasteiger partial charge is 0.124 e. The van der Waals surface area contributed by atoms with E-state index in [4.69, 9.17) is 33.7 Å². The second-order valence-electron chi connectivity index (χ2n) is 3.73. The molecule has 1 atom stereocenters. The lowest BCUT2D eigenvalue weighted by Crippen LogP contribution is -2.11. The summed E-state index contributed by atoms with van der Waals surface area (Å²) in [5.74, 6) is 1.16. The number of hydrogen-bond donors (Lipinski definition) is 1. The van der Waals surface area contributed by atoms with E-state index in [0.717, 1.165) is 30.8 Å². The fraction of sp³-hybridized carbons (Fsp3) is 0.455. The quantitative estimate of drug-likeness (QED) is 0.825. The lowest BCUT2D eigenvalue weighted by atomic mass is 9.94. The zero-order chi connectivity index (χ0) is 10.8. The first-order valence-electron chi connectivity index (χ1n) is 5.04. The largest absolute Gasteiger partial charge is 0.493 e. The van der Waals surface area contributed by atoms with Crippen LogP contribution in [0.3, 0.4) is 0 Å². The van der Waals surface area contributed by atoms with Gasteiger partial charge in [0.25, 0.3) is 0 Å². The average Bonchev–Trinajstić information content (AvgIpc) is 2.41. The first-order chi connectivity index (χ1) is 7.22. The lowest BCUT2D eigenvalue weighted by molar-refractivity contribution is 0.316. The number of fused-ring (bicyclic) bond motifs is 1. The van der Waals surface area contributed by atoms with E-state index in [0.29, 0.717) is 22.5 Å². The van der Waals surface area contributed by atoms with Crippen LogP contribution in [-0.2, 0) is 0 Å². The van der Waals surface area contributed by atoms with E-state index < -0.39 is 0 Å². The van der Waals surface area contributed by atoms with E-state index >= 15 is 0 Å². The molecule has 2 rings (SSSR count). The molecule has 1 aromatic carbocycles. The van der Waals surface area contributed by atoms with Crippen LogP contribution in [0.2, 0.25) is 10.0 Å². The molecule has 1 aromatic rings. The summed E-state index contributed by atoms with van der Waals surface area (Å²) in [6, 6.07) is 3.66. The fourth-order valence-electron chi connectivity index (χ4n) is 1.90. The van der Waals surface area contributed by atoms with Gasteiger partial charge in [-0.15, -0.1) is 0 Å². The Kier molecular flexibility index (Phi) is 3.39. The zero-order valence-electron chi connectivity index (χ0n) is 8.30. The van der Waals surface area contributed by atoms with Crippen LogP contribution in [0.4, 0.5) is 0 Å². The van der Waals surface area contributed by atoms with Crippen molar-refractivity contribution in [2.24, 2.45) is 5.73 Å². The predicted molar refractivity (Wildman–Crippen MR) is 63.0 cm³/mol. The van der Waals surface area contributed by atoms with Gasteiger partial charge < -0.3 is 10.5 Å². The van der Waals surface area contributed by atoms with Gasteiger partial charge in [-0.25, -0.2) is 0 Å². The highest BCUT2D eigenvalue weighted by molar-refractivity contribution is 6.42. The molecule has 0 bridgehead atoms. The Balaban J connectivity index is 2.46. The second kappa shape index (κ2) is 4.60. The zero-order valence-corrected chi connectivity index (χ0v) is 9.81. The van der Waals surface area contributed by atoms with Gasteiger partial charge in [0.1, 0.15) is 5.75 Å². The number of hydrogen-bond acceptors (Lipinski definition) is 2. The van der Waals surface area contributed by atoms with Gasteiger partial charge in [0.05, 0.1) is 16.7 Å². The Bertz CT molecular complexity index is 368. The maximum atomic E-state index is 5.99. The summed E-state index contributed by atoms with van der Waals surface area (Å²) < 4.78 is 5.62. The Labute approximate surface area is 99.3 Å². The van der Waals surface area contributed by atoms with Crippen molar-refractivity contribution in [1.29, 1.82) is 0 Å². The number of benzene rings is 1. The molecule has 0 saturated carbocycles. The van der Waals surface area contributed by atoms with Crippen LogP contribution in [-0.4, -0.2) is 13.2 Å². The first kappa shape index (κ1) is 11.1. The minimum absolute atomic E-state index is 0.331. The molecule has 2 N–H and O–H groups in total. The van der Waals surface area contributed by atoms with Gasteiger partial charge in [0, 0.05) is 11.6 Å². The van der Waals surface area contributed by atoms with Gasteiger partial charge in [-0.1, -0.05) is 23.2 Å². The topological polar surface area (TPSA) is 35.2 Å². The summed E-state index contributed by atoms with van der Waals surface area (Å²) in [4.78, 5) is 0. The van der Waals surface area contributed by atoms with Crippen molar-refractivity contribution < 1.29 is 4.74 Å². The van der Waals surface area contributed by atoms with Crippen LogP contribution in [0.15, 0.2) is 12.1 Å². The minimum atomic E-state index is 0.331. The highest BCUT2D eigenvalue weighted by atomic mass is 35.5. The average molecular weight is 246 g/mol. The molecule has 82 valence electrons. The van der Waals surface area contributed by atoms with Crippen LogP contribution < -0.4 is 10.5 Å². The van der Waals surface area contributed by atoms with Crippen molar-refractivity contribution >= 4 is 23.2 Å². The summed E-state index contributed by atoms with van der Waals surface area (Å²) >= 11 is 11.9. The number of rotatable bonds is 1. The summed E-state index contributed by atoms with van der Waals surface area (Å²) in [6.07, 6.45) is 2.06. The molecule has 0 aromatic heterocycles. The van der Waals surface area contributed by atoms with Gasteiger partial charge in [0.2, 0.25) is 0 Å². The molecule has 1 aliphatic rings. The van der Waals surface area contributed by atoms with Crippen LogP contribution in [0, 0.1) is 0 Å². The standard InChI is InChI=1S/C11H13Cl2NO/c12-9-4-8-7(6-14)2-1-3-15-11(8)5-10(9)13/h4-5,7H,1-3,6,14H2.